The van der Waals surface area contributed by atoms with Crippen molar-refractivity contribution in [2.75, 3.05) is 13.1 Å². The van der Waals surface area contributed by atoms with Gasteiger partial charge in [0.2, 0.25) is 0 Å². The molecule has 82 valence electrons. The maximum atomic E-state index is 10.7. The van der Waals surface area contributed by atoms with Crippen molar-refractivity contribution in [1.29, 1.82) is 0 Å². The van der Waals surface area contributed by atoms with Gasteiger partial charge in [0.05, 0.1) is 5.92 Å². The predicted molar refractivity (Wildman–Crippen MR) is 56.3 cm³/mol. The van der Waals surface area contributed by atoms with Crippen molar-refractivity contribution in [2.24, 2.45) is 5.92 Å². The van der Waals surface area contributed by atoms with E-state index in [-0.39, 0.29) is 5.92 Å². The van der Waals surface area contributed by atoms with Crippen LogP contribution in [0.1, 0.15) is 39.5 Å². The first-order chi connectivity index (χ1) is 6.65. The highest BCUT2D eigenvalue weighted by Crippen LogP contribution is 2.23. The average molecular weight is 199 g/mol. The van der Waals surface area contributed by atoms with Gasteiger partial charge in [0.15, 0.2) is 0 Å². The highest BCUT2D eigenvalue weighted by molar-refractivity contribution is 5.69. The highest BCUT2D eigenvalue weighted by Gasteiger charge is 2.24. The third-order valence-electron chi connectivity index (χ3n) is 3.18. The normalized spacial score (nSPS) is 20.2. The number of rotatable bonds is 5. The lowest BCUT2D eigenvalue weighted by Crippen LogP contribution is -2.38. The van der Waals surface area contributed by atoms with Crippen LogP contribution < -0.4 is 0 Å². The largest absolute Gasteiger partial charge is 0.481 e. The molecule has 1 saturated carbocycles. The summed E-state index contributed by atoms with van der Waals surface area (Å²) in [7, 11) is 0. The molecule has 0 aromatic heterocycles. The number of carboxylic acids is 1. The SMILES string of the molecule is CCN(CC(C)C(=O)O)C1CCCC1. The number of nitrogens with zero attached hydrogens (tertiary/aromatic N) is 1. The number of carboxylic acid groups (broad SMARTS) is 1. The van der Waals surface area contributed by atoms with Gasteiger partial charge in [-0.1, -0.05) is 26.7 Å². The standard InChI is InChI=1S/C11H21NO2/c1-3-12(8-9(2)11(13)14)10-6-4-5-7-10/h9-10H,3-8H2,1-2H3,(H,13,14). The van der Waals surface area contributed by atoms with Gasteiger partial charge in [-0.25, -0.2) is 0 Å². The van der Waals surface area contributed by atoms with E-state index in [0.717, 1.165) is 6.54 Å². The van der Waals surface area contributed by atoms with Crippen LogP contribution in [-0.4, -0.2) is 35.1 Å². The molecule has 0 aromatic carbocycles. The van der Waals surface area contributed by atoms with E-state index in [4.69, 9.17) is 5.11 Å². The lowest BCUT2D eigenvalue weighted by Gasteiger charge is -2.28. The van der Waals surface area contributed by atoms with E-state index in [0.29, 0.717) is 12.6 Å². The van der Waals surface area contributed by atoms with Crippen molar-refractivity contribution in [3.05, 3.63) is 0 Å². The molecule has 1 rings (SSSR count). The van der Waals surface area contributed by atoms with E-state index in [1.165, 1.54) is 25.7 Å². The second-order valence-corrected chi connectivity index (χ2v) is 4.27. The number of aliphatic carboxylic acids is 1. The molecule has 1 aliphatic carbocycles. The van der Waals surface area contributed by atoms with Crippen molar-refractivity contribution in [3.63, 3.8) is 0 Å². The van der Waals surface area contributed by atoms with Crippen LogP contribution in [0.5, 0.6) is 0 Å². The van der Waals surface area contributed by atoms with Gasteiger partial charge in [0.25, 0.3) is 0 Å². The predicted octanol–water partition coefficient (Wildman–Crippen LogP) is 1.97. The van der Waals surface area contributed by atoms with Crippen molar-refractivity contribution in [1.82, 2.24) is 4.90 Å². The zero-order valence-electron chi connectivity index (χ0n) is 9.20. The summed E-state index contributed by atoms with van der Waals surface area (Å²) in [4.78, 5) is 13.1. The first-order valence-corrected chi connectivity index (χ1v) is 5.62. The van der Waals surface area contributed by atoms with Crippen LogP contribution in [0.4, 0.5) is 0 Å². The lowest BCUT2D eigenvalue weighted by atomic mass is 10.1. The van der Waals surface area contributed by atoms with E-state index in [9.17, 15) is 4.79 Å². The van der Waals surface area contributed by atoms with Crippen LogP contribution in [0.2, 0.25) is 0 Å². The quantitative estimate of drug-likeness (QED) is 0.736. The van der Waals surface area contributed by atoms with Crippen molar-refractivity contribution in [2.45, 2.75) is 45.6 Å². The minimum Gasteiger partial charge on any atom is -0.481 e. The molecule has 0 radical (unpaired) electrons. The molecule has 1 aliphatic rings. The Morgan fingerprint density at radius 3 is 2.50 bits per heavy atom. The number of carbonyl (C=O) groups is 1. The molecular formula is C11H21NO2. The topological polar surface area (TPSA) is 40.5 Å². The van der Waals surface area contributed by atoms with Gasteiger partial charge in [0.1, 0.15) is 0 Å². The second kappa shape index (κ2) is 5.35. The van der Waals surface area contributed by atoms with Gasteiger partial charge >= 0.3 is 5.97 Å². The monoisotopic (exact) mass is 199 g/mol. The third kappa shape index (κ3) is 2.98. The van der Waals surface area contributed by atoms with Crippen LogP contribution in [0.15, 0.2) is 0 Å². The first kappa shape index (κ1) is 11.5. The summed E-state index contributed by atoms with van der Waals surface area (Å²) >= 11 is 0. The fraction of sp³-hybridized carbons (Fsp3) is 0.909. The number of hydrogen-bond acceptors (Lipinski definition) is 2. The zero-order chi connectivity index (χ0) is 10.6. The summed E-state index contributed by atoms with van der Waals surface area (Å²) in [5.74, 6) is -0.919. The van der Waals surface area contributed by atoms with Gasteiger partial charge < -0.3 is 5.11 Å². The molecule has 1 N–H and O–H groups in total. The van der Waals surface area contributed by atoms with Gasteiger partial charge in [-0.2, -0.15) is 0 Å². The Balaban J connectivity index is 2.41. The van der Waals surface area contributed by atoms with Gasteiger partial charge in [-0.05, 0) is 19.4 Å². The van der Waals surface area contributed by atoms with E-state index >= 15 is 0 Å². The van der Waals surface area contributed by atoms with E-state index in [2.05, 4.69) is 11.8 Å². The fourth-order valence-electron chi connectivity index (χ4n) is 2.24. The minimum atomic E-state index is -0.679. The summed E-state index contributed by atoms with van der Waals surface area (Å²) in [6.07, 6.45) is 5.12. The van der Waals surface area contributed by atoms with Crippen LogP contribution in [-0.2, 0) is 4.79 Å². The molecule has 0 bridgehead atoms. The molecule has 1 fully saturated rings. The average Bonchev–Trinajstić information content (AvgIpc) is 2.66. The van der Waals surface area contributed by atoms with E-state index in [1.54, 1.807) is 6.92 Å². The molecule has 3 nitrogen and oxygen atoms in total. The molecule has 0 saturated heterocycles. The Morgan fingerprint density at radius 1 is 1.50 bits per heavy atom. The Morgan fingerprint density at radius 2 is 2.07 bits per heavy atom. The minimum absolute atomic E-state index is 0.240. The highest BCUT2D eigenvalue weighted by atomic mass is 16.4. The molecule has 14 heavy (non-hydrogen) atoms. The molecule has 1 unspecified atom stereocenters. The molecular weight excluding hydrogens is 178 g/mol. The summed E-state index contributed by atoms with van der Waals surface area (Å²) in [6, 6.07) is 0.641. The maximum Gasteiger partial charge on any atom is 0.307 e. The Bertz CT molecular complexity index is 188. The van der Waals surface area contributed by atoms with Gasteiger partial charge in [-0.15, -0.1) is 0 Å². The third-order valence-corrected chi connectivity index (χ3v) is 3.18. The fourth-order valence-corrected chi connectivity index (χ4v) is 2.24. The van der Waals surface area contributed by atoms with E-state index < -0.39 is 5.97 Å². The van der Waals surface area contributed by atoms with Crippen LogP contribution >= 0.6 is 0 Å². The summed E-state index contributed by atoms with van der Waals surface area (Å²) < 4.78 is 0. The Kier molecular flexibility index (Phi) is 4.39. The van der Waals surface area contributed by atoms with Crippen LogP contribution in [0.25, 0.3) is 0 Å². The second-order valence-electron chi connectivity index (χ2n) is 4.27. The van der Waals surface area contributed by atoms with E-state index in [1.807, 2.05) is 0 Å². The summed E-state index contributed by atoms with van der Waals surface area (Å²) in [5, 5.41) is 8.84. The molecule has 0 aliphatic heterocycles. The zero-order valence-corrected chi connectivity index (χ0v) is 9.20. The smallest absolute Gasteiger partial charge is 0.307 e. The summed E-state index contributed by atoms with van der Waals surface area (Å²) in [5.41, 5.74) is 0. The Hall–Kier alpha value is -0.570. The lowest BCUT2D eigenvalue weighted by molar-refractivity contribution is -0.141. The number of hydrogen-bond donors (Lipinski definition) is 1. The van der Waals surface area contributed by atoms with Crippen LogP contribution in [0.3, 0.4) is 0 Å². The summed E-state index contributed by atoms with van der Waals surface area (Å²) in [6.45, 7) is 5.59. The molecule has 3 heteroatoms. The maximum absolute atomic E-state index is 10.7. The van der Waals surface area contributed by atoms with Crippen LogP contribution in [0, 0.1) is 5.92 Å². The molecule has 0 amide bonds. The molecule has 0 spiro atoms. The molecule has 0 aromatic rings. The molecule has 0 heterocycles. The molecule has 1 atom stereocenters. The van der Waals surface area contributed by atoms with Crippen molar-refractivity contribution >= 4 is 5.97 Å². The van der Waals surface area contributed by atoms with Crippen molar-refractivity contribution < 1.29 is 9.90 Å². The van der Waals surface area contributed by atoms with Gasteiger partial charge in [-0.3, -0.25) is 9.69 Å². The Labute approximate surface area is 86.1 Å². The van der Waals surface area contributed by atoms with Gasteiger partial charge in [0, 0.05) is 12.6 Å². The van der Waals surface area contributed by atoms with Crippen molar-refractivity contribution in [3.8, 4) is 0 Å². The first-order valence-electron chi connectivity index (χ1n) is 5.62.